The Hall–Kier alpha value is -1.10. The molecule has 70 valence electrons. The van der Waals surface area contributed by atoms with Crippen molar-refractivity contribution in [1.29, 1.82) is 0 Å². The molecular formula is C8H9BrN2O2. The number of nitro benzene ring substituents is 1. The summed E-state index contributed by atoms with van der Waals surface area (Å²) in [5.74, 6) is 0. The highest BCUT2D eigenvalue weighted by atomic mass is 79.9. The van der Waals surface area contributed by atoms with E-state index in [1.165, 1.54) is 6.07 Å². The fraction of sp³-hybridized carbons (Fsp3) is 0.250. The first-order chi connectivity index (χ1) is 6.06. The SMILES string of the molecule is CNc1cc(C)c(Br)cc1[N+](=O)[O-]. The lowest BCUT2D eigenvalue weighted by atomic mass is 10.2. The second kappa shape index (κ2) is 3.74. The number of nitro groups is 1. The van der Waals surface area contributed by atoms with Gasteiger partial charge in [-0.2, -0.15) is 0 Å². The monoisotopic (exact) mass is 244 g/mol. The highest BCUT2D eigenvalue weighted by Crippen LogP contribution is 2.30. The summed E-state index contributed by atoms with van der Waals surface area (Å²) in [5, 5.41) is 13.4. The normalized spacial score (nSPS) is 9.77. The minimum Gasteiger partial charge on any atom is -0.383 e. The fourth-order valence-corrected chi connectivity index (χ4v) is 1.35. The Balaban J connectivity index is 3.33. The number of hydrogen-bond donors (Lipinski definition) is 1. The third-order valence-electron chi connectivity index (χ3n) is 1.74. The molecule has 0 unspecified atom stereocenters. The lowest BCUT2D eigenvalue weighted by Gasteiger charge is -2.04. The van der Waals surface area contributed by atoms with E-state index in [-0.39, 0.29) is 5.69 Å². The number of hydrogen-bond acceptors (Lipinski definition) is 3. The molecule has 0 aliphatic rings. The molecule has 0 saturated carbocycles. The maximum atomic E-state index is 10.6. The maximum Gasteiger partial charge on any atom is 0.293 e. The van der Waals surface area contributed by atoms with Crippen molar-refractivity contribution in [2.75, 3.05) is 12.4 Å². The molecule has 0 fully saturated rings. The largest absolute Gasteiger partial charge is 0.383 e. The fourth-order valence-electron chi connectivity index (χ4n) is 1.02. The molecule has 0 amide bonds. The summed E-state index contributed by atoms with van der Waals surface area (Å²) < 4.78 is 0.748. The molecule has 1 rings (SSSR count). The number of halogens is 1. The molecular weight excluding hydrogens is 236 g/mol. The van der Waals surface area contributed by atoms with Gasteiger partial charge in [-0.05, 0) is 18.6 Å². The number of nitrogens with zero attached hydrogens (tertiary/aromatic N) is 1. The van der Waals surface area contributed by atoms with Gasteiger partial charge < -0.3 is 5.32 Å². The van der Waals surface area contributed by atoms with Crippen LogP contribution in [0.3, 0.4) is 0 Å². The lowest BCUT2D eigenvalue weighted by molar-refractivity contribution is -0.384. The number of rotatable bonds is 2. The molecule has 4 nitrogen and oxygen atoms in total. The zero-order chi connectivity index (χ0) is 10.0. The molecule has 13 heavy (non-hydrogen) atoms. The minimum absolute atomic E-state index is 0.0833. The van der Waals surface area contributed by atoms with Gasteiger partial charge in [-0.3, -0.25) is 10.1 Å². The Labute approximate surface area is 84.2 Å². The molecule has 1 aromatic rings. The first-order valence-corrected chi connectivity index (χ1v) is 4.48. The molecule has 0 bridgehead atoms. The lowest BCUT2D eigenvalue weighted by Crippen LogP contribution is -1.97. The van der Waals surface area contributed by atoms with Crippen molar-refractivity contribution in [2.45, 2.75) is 6.92 Å². The van der Waals surface area contributed by atoms with Gasteiger partial charge in [0.05, 0.1) is 4.92 Å². The van der Waals surface area contributed by atoms with Crippen LogP contribution in [-0.4, -0.2) is 12.0 Å². The van der Waals surface area contributed by atoms with Gasteiger partial charge in [0.15, 0.2) is 0 Å². The van der Waals surface area contributed by atoms with Crippen molar-refractivity contribution < 1.29 is 4.92 Å². The van der Waals surface area contributed by atoms with Crippen molar-refractivity contribution in [3.63, 3.8) is 0 Å². The van der Waals surface area contributed by atoms with Gasteiger partial charge in [0.1, 0.15) is 5.69 Å². The average Bonchev–Trinajstić information content (AvgIpc) is 2.08. The van der Waals surface area contributed by atoms with Crippen molar-refractivity contribution >= 4 is 27.3 Å². The van der Waals surface area contributed by atoms with Crippen molar-refractivity contribution in [2.24, 2.45) is 0 Å². The molecule has 0 radical (unpaired) electrons. The molecule has 1 aromatic carbocycles. The molecule has 0 aliphatic carbocycles. The van der Waals surface area contributed by atoms with E-state index in [0.29, 0.717) is 5.69 Å². The zero-order valence-corrected chi connectivity index (χ0v) is 8.88. The van der Waals surface area contributed by atoms with Crippen molar-refractivity contribution in [1.82, 2.24) is 0 Å². The van der Waals surface area contributed by atoms with Gasteiger partial charge in [0.2, 0.25) is 0 Å². The Morgan fingerprint density at radius 3 is 2.62 bits per heavy atom. The van der Waals surface area contributed by atoms with E-state index in [4.69, 9.17) is 0 Å². The average molecular weight is 245 g/mol. The highest BCUT2D eigenvalue weighted by molar-refractivity contribution is 9.10. The Morgan fingerprint density at radius 2 is 2.15 bits per heavy atom. The molecule has 0 spiro atoms. The standard InChI is InChI=1S/C8H9BrN2O2/c1-5-3-7(10-2)8(11(12)13)4-6(5)9/h3-4,10H,1-2H3. The van der Waals surface area contributed by atoms with E-state index in [2.05, 4.69) is 21.2 Å². The zero-order valence-electron chi connectivity index (χ0n) is 7.30. The van der Waals surface area contributed by atoms with Gasteiger partial charge >= 0.3 is 0 Å². The van der Waals surface area contributed by atoms with Gasteiger partial charge in [0.25, 0.3) is 5.69 Å². The highest BCUT2D eigenvalue weighted by Gasteiger charge is 2.14. The number of aryl methyl sites for hydroxylation is 1. The van der Waals surface area contributed by atoms with E-state index < -0.39 is 4.92 Å². The first kappa shape index (κ1) is 9.98. The number of anilines is 1. The molecule has 0 aliphatic heterocycles. The van der Waals surface area contributed by atoms with Crippen molar-refractivity contribution in [3.8, 4) is 0 Å². The van der Waals surface area contributed by atoms with Crippen LogP contribution in [0.4, 0.5) is 11.4 Å². The van der Waals surface area contributed by atoms with Crippen LogP contribution >= 0.6 is 15.9 Å². The minimum atomic E-state index is -0.407. The van der Waals surface area contributed by atoms with Gasteiger partial charge in [-0.1, -0.05) is 15.9 Å². The van der Waals surface area contributed by atoms with E-state index in [0.717, 1.165) is 10.0 Å². The smallest absolute Gasteiger partial charge is 0.293 e. The predicted octanol–water partition coefficient (Wildman–Crippen LogP) is 2.71. The first-order valence-electron chi connectivity index (χ1n) is 3.68. The van der Waals surface area contributed by atoms with E-state index in [1.807, 2.05) is 6.92 Å². The number of benzene rings is 1. The van der Waals surface area contributed by atoms with Gasteiger partial charge in [0, 0.05) is 17.6 Å². The van der Waals surface area contributed by atoms with Gasteiger partial charge in [-0.15, -0.1) is 0 Å². The van der Waals surface area contributed by atoms with Crippen LogP contribution in [0, 0.1) is 17.0 Å². The second-order valence-corrected chi connectivity index (χ2v) is 3.48. The van der Waals surface area contributed by atoms with Gasteiger partial charge in [-0.25, -0.2) is 0 Å². The number of nitrogens with one attached hydrogen (secondary N) is 1. The van der Waals surface area contributed by atoms with E-state index in [9.17, 15) is 10.1 Å². The summed E-state index contributed by atoms with van der Waals surface area (Å²) in [6, 6.07) is 3.24. The van der Waals surface area contributed by atoms with Crippen LogP contribution in [0.5, 0.6) is 0 Å². The topological polar surface area (TPSA) is 55.2 Å². The maximum absolute atomic E-state index is 10.6. The molecule has 0 saturated heterocycles. The molecule has 0 aromatic heterocycles. The van der Waals surface area contributed by atoms with Crippen LogP contribution in [0.25, 0.3) is 0 Å². The molecule has 5 heteroatoms. The summed E-state index contributed by atoms with van der Waals surface area (Å²) in [6.07, 6.45) is 0. The van der Waals surface area contributed by atoms with E-state index in [1.54, 1.807) is 13.1 Å². The quantitative estimate of drug-likeness (QED) is 0.643. The third kappa shape index (κ3) is 1.98. The Kier molecular flexibility index (Phi) is 2.87. The summed E-state index contributed by atoms with van der Waals surface area (Å²) in [7, 11) is 1.66. The van der Waals surface area contributed by atoms with Crippen molar-refractivity contribution in [3.05, 3.63) is 32.3 Å². The van der Waals surface area contributed by atoms with Crippen LogP contribution in [0.1, 0.15) is 5.56 Å². The van der Waals surface area contributed by atoms with Crippen LogP contribution in [0.15, 0.2) is 16.6 Å². The summed E-state index contributed by atoms with van der Waals surface area (Å²) >= 11 is 3.25. The molecule has 0 heterocycles. The summed E-state index contributed by atoms with van der Waals surface area (Å²) in [5.41, 5.74) is 1.58. The Morgan fingerprint density at radius 1 is 1.54 bits per heavy atom. The molecule has 1 N–H and O–H groups in total. The summed E-state index contributed by atoms with van der Waals surface area (Å²) in [4.78, 5) is 10.2. The summed E-state index contributed by atoms with van der Waals surface area (Å²) in [6.45, 7) is 1.88. The second-order valence-electron chi connectivity index (χ2n) is 2.63. The van der Waals surface area contributed by atoms with E-state index >= 15 is 0 Å². The van der Waals surface area contributed by atoms with Crippen LogP contribution in [0.2, 0.25) is 0 Å². The van der Waals surface area contributed by atoms with Crippen LogP contribution in [-0.2, 0) is 0 Å². The predicted molar refractivity (Wildman–Crippen MR) is 55.1 cm³/mol. The Bertz CT molecular complexity index is 352. The van der Waals surface area contributed by atoms with Crippen LogP contribution < -0.4 is 5.32 Å². The molecule has 0 atom stereocenters. The third-order valence-corrected chi connectivity index (χ3v) is 2.60.